The van der Waals surface area contributed by atoms with Gasteiger partial charge in [0.25, 0.3) is 0 Å². The molecule has 0 bridgehead atoms. The van der Waals surface area contributed by atoms with Gasteiger partial charge in [0.1, 0.15) is 0 Å². The average molecular weight is 244 g/mol. The number of anilines is 1. The number of fused-ring (bicyclic) bond motifs is 1. The van der Waals surface area contributed by atoms with E-state index in [1.165, 1.54) is 0 Å². The van der Waals surface area contributed by atoms with Crippen LogP contribution in [0.15, 0.2) is 30.5 Å². The van der Waals surface area contributed by atoms with Gasteiger partial charge >= 0.3 is 0 Å². The fourth-order valence-corrected chi connectivity index (χ4v) is 1.91. The van der Waals surface area contributed by atoms with Crippen LogP contribution in [0, 0.1) is 0 Å². The molecule has 0 amide bonds. The maximum Gasteiger partial charge on any atom is 0.225 e. The zero-order valence-corrected chi connectivity index (χ0v) is 11.1. The van der Waals surface area contributed by atoms with Gasteiger partial charge in [0.05, 0.1) is 5.52 Å². The predicted octanol–water partition coefficient (Wildman–Crippen LogP) is 2.07. The number of likely N-dealkylation sites (N-methyl/N-ethyl adjacent to an activating group) is 2. The zero-order chi connectivity index (χ0) is 12.8. The first-order valence-corrected chi connectivity index (χ1v) is 6.52. The van der Waals surface area contributed by atoms with Crippen LogP contribution in [-0.4, -0.2) is 36.1 Å². The third kappa shape index (κ3) is 2.96. The van der Waals surface area contributed by atoms with Crippen molar-refractivity contribution in [1.29, 1.82) is 0 Å². The van der Waals surface area contributed by atoms with Crippen LogP contribution in [0.4, 0.5) is 5.95 Å². The number of aromatic nitrogens is 2. The van der Waals surface area contributed by atoms with Gasteiger partial charge in [-0.05, 0) is 19.5 Å². The molecule has 0 aliphatic rings. The highest BCUT2D eigenvalue weighted by Crippen LogP contribution is 2.14. The summed E-state index contributed by atoms with van der Waals surface area (Å²) in [6.45, 7) is 8.05. The molecule has 2 rings (SSSR count). The van der Waals surface area contributed by atoms with E-state index in [2.05, 4.69) is 34.0 Å². The van der Waals surface area contributed by atoms with E-state index in [0.717, 1.165) is 43.0 Å². The lowest BCUT2D eigenvalue weighted by molar-refractivity contribution is 0.679. The fraction of sp³-hybridized carbons (Fsp3) is 0.429. The van der Waals surface area contributed by atoms with Crippen molar-refractivity contribution < 1.29 is 0 Å². The molecule has 18 heavy (non-hydrogen) atoms. The van der Waals surface area contributed by atoms with Gasteiger partial charge in [0.2, 0.25) is 5.95 Å². The second kappa shape index (κ2) is 6.31. The van der Waals surface area contributed by atoms with Crippen LogP contribution < -0.4 is 10.2 Å². The standard InChI is InChI=1S/C14H20N4/c1-3-15-9-10-18(4-2)14-16-11-12-7-5-6-8-13(12)17-14/h5-8,11,15H,3-4,9-10H2,1-2H3. The monoisotopic (exact) mass is 244 g/mol. The van der Waals surface area contributed by atoms with E-state index >= 15 is 0 Å². The molecule has 4 heteroatoms. The molecule has 4 nitrogen and oxygen atoms in total. The van der Waals surface area contributed by atoms with Crippen molar-refractivity contribution in [2.75, 3.05) is 31.1 Å². The summed E-state index contributed by atoms with van der Waals surface area (Å²) in [7, 11) is 0. The number of hydrogen-bond acceptors (Lipinski definition) is 4. The molecule has 1 heterocycles. The number of nitrogens with zero attached hydrogens (tertiary/aromatic N) is 3. The molecule has 0 spiro atoms. The molecule has 1 N–H and O–H groups in total. The SMILES string of the molecule is CCNCCN(CC)c1ncc2ccccc2n1. The normalized spacial score (nSPS) is 10.8. The molecule has 0 aliphatic heterocycles. The highest BCUT2D eigenvalue weighted by Gasteiger charge is 2.07. The van der Waals surface area contributed by atoms with E-state index in [1.807, 2.05) is 30.5 Å². The summed E-state index contributed by atoms with van der Waals surface area (Å²) in [4.78, 5) is 11.2. The Morgan fingerprint density at radius 2 is 2.06 bits per heavy atom. The Balaban J connectivity index is 2.17. The van der Waals surface area contributed by atoms with Crippen LogP contribution in [0.3, 0.4) is 0 Å². The molecule has 0 unspecified atom stereocenters. The highest BCUT2D eigenvalue weighted by atomic mass is 15.2. The zero-order valence-electron chi connectivity index (χ0n) is 11.1. The Kier molecular flexibility index (Phi) is 4.47. The number of hydrogen-bond donors (Lipinski definition) is 1. The smallest absolute Gasteiger partial charge is 0.225 e. The largest absolute Gasteiger partial charge is 0.340 e. The molecule has 0 aliphatic carbocycles. The van der Waals surface area contributed by atoms with Gasteiger partial charge in [-0.1, -0.05) is 25.1 Å². The number of benzene rings is 1. The van der Waals surface area contributed by atoms with E-state index in [9.17, 15) is 0 Å². The predicted molar refractivity (Wildman–Crippen MR) is 76.0 cm³/mol. The van der Waals surface area contributed by atoms with Crippen LogP contribution in [-0.2, 0) is 0 Å². The number of rotatable bonds is 6. The summed E-state index contributed by atoms with van der Waals surface area (Å²) >= 11 is 0. The Hall–Kier alpha value is -1.68. The summed E-state index contributed by atoms with van der Waals surface area (Å²) in [5.74, 6) is 0.814. The van der Waals surface area contributed by atoms with Gasteiger partial charge in [-0.15, -0.1) is 0 Å². The molecule has 0 radical (unpaired) electrons. The van der Waals surface area contributed by atoms with Gasteiger partial charge in [0, 0.05) is 31.2 Å². The maximum absolute atomic E-state index is 4.61. The Bertz CT molecular complexity index is 498. The van der Waals surface area contributed by atoms with Crippen molar-refractivity contribution in [2.24, 2.45) is 0 Å². The third-order valence-corrected chi connectivity index (χ3v) is 2.95. The molecule has 0 saturated carbocycles. The summed E-state index contributed by atoms with van der Waals surface area (Å²) < 4.78 is 0. The Morgan fingerprint density at radius 1 is 1.22 bits per heavy atom. The summed E-state index contributed by atoms with van der Waals surface area (Å²) in [5, 5.41) is 4.41. The third-order valence-electron chi connectivity index (χ3n) is 2.95. The van der Waals surface area contributed by atoms with Crippen LogP contribution in [0.25, 0.3) is 10.9 Å². The minimum atomic E-state index is 0.814. The number of nitrogens with one attached hydrogen (secondary N) is 1. The van der Waals surface area contributed by atoms with E-state index < -0.39 is 0 Å². The van der Waals surface area contributed by atoms with Crippen molar-refractivity contribution in [2.45, 2.75) is 13.8 Å². The lowest BCUT2D eigenvalue weighted by Crippen LogP contribution is -2.33. The minimum absolute atomic E-state index is 0.814. The summed E-state index contributed by atoms with van der Waals surface area (Å²) in [6, 6.07) is 8.08. The van der Waals surface area contributed by atoms with E-state index in [-0.39, 0.29) is 0 Å². The number of para-hydroxylation sites is 1. The molecule has 0 saturated heterocycles. The maximum atomic E-state index is 4.61. The van der Waals surface area contributed by atoms with Crippen molar-refractivity contribution in [1.82, 2.24) is 15.3 Å². The van der Waals surface area contributed by atoms with Gasteiger partial charge in [-0.25, -0.2) is 9.97 Å². The van der Waals surface area contributed by atoms with Crippen molar-refractivity contribution in [3.8, 4) is 0 Å². The molecular formula is C14H20N4. The lowest BCUT2D eigenvalue weighted by Gasteiger charge is -2.20. The van der Waals surface area contributed by atoms with E-state index in [1.54, 1.807) is 0 Å². The van der Waals surface area contributed by atoms with Crippen LogP contribution in [0.1, 0.15) is 13.8 Å². The topological polar surface area (TPSA) is 41.0 Å². The fourth-order valence-electron chi connectivity index (χ4n) is 1.91. The van der Waals surface area contributed by atoms with Crippen molar-refractivity contribution in [3.05, 3.63) is 30.5 Å². The molecular weight excluding hydrogens is 224 g/mol. The quantitative estimate of drug-likeness (QED) is 0.790. The Labute approximate surface area is 108 Å². The summed E-state index contributed by atoms with van der Waals surface area (Å²) in [5.41, 5.74) is 1.00. The summed E-state index contributed by atoms with van der Waals surface area (Å²) in [6.07, 6.45) is 1.90. The second-order valence-corrected chi connectivity index (χ2v) is 4.16. The van der Waals surface area contributed by atoms with Gasteiger partial charge in [-0.2, -0.15) is 0 Å². The molecule has 96 valence electrons. The minimum Gasteiger partial charge on any atom is -0.340 e. The van der Waals surface area contributed by atoms with Gasteiger partial charge in [-0.3, -0.25) is 0 Å². The van der Waals surface area contributed by atoms with Crippen molar-refractivity contribution in [3.63, 3.8) is 0 Å². The van der Waals surface area contributed by atoms with Crippen LogP contribution in [0.2, 0.25) is 0 Å². The van der Waals surface area contributed by atoms with E-state index in [4.69, 9.17) is 0 Å². The average Bonchev–Trinajstić information content (AvgIpc) is 2.43. The highest BCUT2D eigenvalue weighted by molar-refractivity contribution is 5.78. The molecule has 2 aromatic rings. The Morgan fingerprint density at radius 3 is 2.83 bits per heavy atom. The van der Waals surface area contributed by atoms with Crippen molar-refractivity contribution >= 4 is 16.9 Å². The van der Waals surface area contributed by atoms with Crippen LogP contribution in [0.5, 0.6) is 0 Å². The second-order valence-electron chi connectivity index (χ2n) is 4.16. The molecule has 0 fully saturated rings. The van der Waals surface area contributed by atoms with Gasteiger partial charge in [0.15, 0.2) is 0 Å². The first-order valence-electron chi connectivity index (χ1n) is 6.52. The first-order chi connectivity index (χ1) is 8.85. The molecule has 1 aromatic heterocycles. The van der Waals surface area contributed by atoms with Crippen LogP contribution >= 0.6 is 0 Å². The molecule has 1 aromatic carbocycles. The van der Waals surface area contributed by atoms with E-state index in [0.29, 0.717) is 0 Å². The molecule has 0 atom stereocenters. The first kappa shape index (κ1) is 12.8. The lowest BCUT2D eigenvalue weighted by atomic mass is 10.2. The van der Waals surface area contributed by atoms with Gasteiger partial charge < -0.3 is 10.2 Å².